The molecule has 4 rings (SSSR count). The molecule has 1 saturated heterocycles. The third-order valence-electron chi connectivity index (χ3n) is 4.82. The summed E-state index contributed by atoms with van der Waals surface area (Å²) in [7, 11) is 0. The van der Waals surface area contributed by atoms with Crippen LogP contribution in [0.1, 0.15) is 41.4 Å². The van der Waals surface area contributed by atoms with Gasteiger partial charge in [-0.15, -0.1) is 0 Å². The van der Waals surface area contributed by atoms with E-state index in [4.69, 9.17) is 9.84 Å². The summed E-state index contributed by atoms with van der Waals surface area (Å²) in [6, 6.07) is 2.00. The van der Waals surface area contributed by atoms with Gasteiger partial charge in [0.2, 0.25) is 5.95 Å². The van der Waals surface area contributed by atoms with Crippen molar-refractivity contribution in [3.05, 3.63) is 28.7 Å². The Morgan fingerprint density at radius 1 is 1.28 bits per heavy atom. The molecule has 0 radical (unpaired) electrons. The normalized spacial score (nSPS) is 19.2. The second kappa shape index (κ2) is 7.37. The number of fused-ring (bicyclic) bond motifs is 1. The van der Waals surface area contributed by atoms with E-state index in [1.165, 1.54) is 17.7 Å². The molecule has 2 aliphatic rings. The predicted molar refractivity (Wildman–Crippen MR) is 93.7 cm³/mol. The Morgan fingerprint density at radius 2 is 2.24 bits per heavy atom. The Morgan fingerprint density at radius 3 is 3.08 bits per heavy atom. The van der Waals surface area contributed by atoms with Gasteiger partial charge in [0.05, 0.1) is 31.1 Å². The van der Waals surface area contributed by atoms with Crippen LogP contribution in [-0.4, -0.2) is 51.6 Å². The average molecular weight is 344 g/mol. The molecule has 8 nitrogen and oxygen atoms in total. The summed E-state index contributed by atoms with van der Waals surface area (Å²) in [4.78, 5) is 9.09. The molecule has 1 aliphatic carbocycles. The average Bonchev–Trinajstić information content (AvgIpc) is 3.36. The lowest BCUT2D eigenvalue weighted by molar-refractivity contribution is 0.193. The lowest BCUT2D eigenvalue weighted by atomic mass is 10.0. The van der Waals surface area contributed by atoms with E-state index >= 15 is 0 Å². The Balaban J connectivity index is 1.51. The second-order valence-corrected chi connectivity index (χ2v) is 6.55. The zero-order valence-electron chi connectivity index (χ0n) is 14.2. The van der Waals surface area contributed by atoms with Gasteiger partial charge in [-0.25, -0.2) is 4.98 Å². The molecule has 8 heteroatoms. The van der Waals surface area contributed by atoms with Crippen molar-refractivity contribution in [3.8, 4) is 0 Å². The largest absolute Gasteiger partial charge is 0.395 e. The van der Waals surface area contributed by atoms with Crippen LogP contribution in [0.5, 0.6) is 0 Å². The number of aliphatic hydroxyl groups is 1. The van der Waals surface area contributed by atoms with E-state index in [0.717, 1.165) is 43.1 Å². The maximum Gasteiger partial charge on any atom is 0.224 e. The number of aryl methyl sites for hydroxylation is 1. The zero-order valence-corrected chi connectivity index (χ0v) is 14.2. The summed E-state index contributed by atoms with van der Waals surface area (Å²) in [5, 5.41) is 23.0. The molecule has 2 aromatic rings. The third kappa shape index (κ3) is 3.59. The lowest BCUT2D eigenvalue weighted by Gasteiger charge is -2.13. The summed E-state index contributed by atoms with van der Waals surface area (Å²) in [5.41, 5.74) is 4.67. The fraction of sp³-hybridized carbons (Fsp3) is 0.588. The second-order valence-electron chi connectivity index (χ2n) is 6.55. The summed E-state index contributed by atoms with van der Waals surface area (Å²) in [6.45, 7) is 2.58. The third-order valence-corrected chi connectivity index (χ3v) is 4.82. The Hall–Kier alpha value is -2.19. The minimum Gasteiger partial charge on any atom is -0.395 e. The lowest BCUT2D eigenvalue weighted by Crippen LogP contribution is -2.13. The van der Waals surface area contributed by atoms with Crippen molar-refractivity contribution in [2.75, 3.05) is 37.0 Å². The van der Waals surface area contributed by atoms with Crippen molar-refractivity contribution in [2.24, 2.45) is 0 Å². The first-order valence-electron chi connectivity index (χ1n) is 8.94. The van der Waals surface area contributed by atoms with Gasteiger partial charge in [0.1, 0.15) is 5.82 Å². The van der Waals surface area contributed by atoms with E-state index in [0.29, 0.717) is 31.6 Å². The number of anilines is 2. The van der Waals surface area contributed by atoms with Gasteiger partial charge in [-0.3, -0.25) is 5.10 Å². The summed E-state index contributed by atoms with van der Waals surface area (Å²) in [5.74, 6) is 1.60. The standard InChI is InChI=1S/C17H24N6O2/c24-6-5-18-17-20-14(11-4-7-25-10-11)8-16(21-17)19-9-15-12-2-1-3-13(12)22-23-15/h8,11,24H,1-7,9-10H2,(H,22,23)(H2,18,19,20,21). The zero-order chi connectivity index (χ0) is 17.1. The topological polar surface area (TPSA) is 108 Å². The molecular weight excluding hydrogens is 320 g/mol. The van der Waals surface area contributed by atoms with Crippen molar-refractivity contribution < 1.29 is 9.84 Å². The number of aromatic amines is 1. The minimum absolute atomic E-state index is 0.0439. The molecule has 3 heterocycles. The van der Waals surface area contributed by atoms with E-state index in [2.05, 4.69) is 30.8 Å². The van der Waals surface area contributed by atoms with Crippen LogP contribution in [0.3, 0.4) is 0 Å². The predicted octanol–water partition coefficient (Wildman–Crippen LogP) is 1.21. The number of nitrogens with zero attached hydrogens (tertiary/aromatic N) is 3. The molecule has 0 aromatic carbocycles. The molecule has 2 aromatic heterocycles. The quantitative estimate of drug-likeness (QED) is 0.598. The fourth-order valence-corrected chi connectivity index (χ4v) is 3.49. The number of ether oxygens (including phenoxy) is 1. The van der Waals surface area contributed by atoms with Crippen LogP contribution in [0.25, 0.3) is 0 Å². The first-order valence-corrected chi connectivity index (χ1v) is 8.94. The van der Waals surface area contributed by atoms with E-state index < -0.39 is 0 Å². The molecule has 0 amide bonds. The molecule has 0 spiro atoms. The van der Waals surface area contributed by atoms with Crippen LogP contribution < -0.4 is 10.6 Å². The first kappa shape index (κ1) is 16.3. The van der Waals surface area contributed by atoms with Gasteiger partial charge in [0, 0.05) is 30.8 Å². The monoisotopic (exact) mass is 344 g/mol. The number of aromatic nitrogens is 4. The molecule has 1 atom stereocenters. The number of H-pyrrole nitrogens is 1. The van der Waals surface area contributed by atoms with Gasteiger partial charge < -0.3 is 20.5 Å². The highest BCUT2D eigenvalue weighted by Gasteiger charge is 2.21. The first-order chi connectivity index (χ1) is 12.3. The summed E-state index contributed by atoms with van der Waals surface area (Å²) in [6.07, 6.45) is 4.37. The van der Waals surface area contributed by atoms with Crippen molar-refractivity contribution >= 4 is 11.8 Å². The number of rotatable bonds is 7. The number of hydrogen-bond acceptors (Lipinski definition) is 7. The number of aliphatic hydroxyl groups excluding tert-OH is 1. The highest BCUT2D eigenvalue weighted by atomic mass is 16.5. The van der Waals surface area contributed by atoms with Gasteiger partial charge in [-0.2, -0.15) is 10.1 Å². The summed E-state index contributed by atoms with van der Waals surface area (Å²) >= 11 is 0. The van der Waals surface area contributed by atoms with Crippen LogP contribution >= 0.6 is 0 Å². The molecule has 1 unspecified atom stereocenters. The Bertz CT molecular complexity index is 726. The van der Waals surface area contributed by atoms with E-state index in [9.17, 15) is 0 Å². The SMILES string of the molecule is OCCNc1nc(NCc2n[nH]c3c2CCC3)cc(C2CCOC2)n1. The van der Waals surface area contributed by atoms with Crippen LogP contribution in [0.15, 0.2) is 6.07 Å². The van der Waals surface area contributed by atoms with Crippen molar-refractivity contribution in [2.45, 2.75) is 38.1 Å². The van der Waals surface area contributed by atoms with Crippen molar-refractivity contribution in [1.29, 1.82) is 0 Å². The highest BCUT2D eigenvalue weighted by molar-refractivity contribution is 5.44. The Labute approximate surface area is 146 Å². The molecule has 1 aliphatic heterocycles. The van der Waals surface area contributed by atoms with Crippen LogP contribution in [0.4, 0.5) is 11.8 Å². The van der Waals surface area contributed by atoms with Gasteiger partial charge in [-0.05, 0) is 31.2 Å². The molecule has 4 N–H and O–H groups in total. The Kier molecular flexibility index (Phi) is 4.80. The molecule has 0 bridgehead atoms. The van der Waals surface area contributed by atoms with Crippen LogP contribution in [0, 0.1) is 0 Å². The van der Waals surface area contributed by atoms with Gasteiger partial charge in [0.15, 0.2) is 0 Å². The van der Waals surface area contributed by atoms with Crippen molar-refractivity contribution in [1.82, 2.24) is 20.2 Å². The van der Waals surface area contributed by atoms with E-state index in [1.807, 2.05) is 6.07 Å². The van der Waals surface area contributed by atoms with Crippen LogP contribution in [-0.2, 0) is 24.1 Å². The fourth-order valence-electron chi connectivity index (χ4n) is 3.49. The van der Waals surface area contributed by atoms with Crippen LogP contribution in [0.2, 0.25) is 0 Å². The van der Waals surface area contributed by atoms with E-state index in [1.54, 1.807) is 0 Å². The van der Waals surface area contributed by atoms with Gasteiger partial charge in [0.25, 0.3) is 0 Å². The molecule has 0 saturated carbocycles. The molecule has 25 heavy (non-hydrogen) atoms. The molecule has 1 fully saturated rings. The summed E-state index contributed by atoms with van der Waals surface area (Å²) < 4.78 is 5.49. The van der Waals surface area contributed by atoms with Crippen molar-refractivity contribution in [3.63, 3.8) is 0 Å². The smallest absolute Gasteiger partial charge is 0.224 e. The van der Waals surface area contributed by atoms with Gasteiger partial charge in [-0.1, -0.05) is 0 Å². The number of hydrogen-bond donors (Lipinski definition) is 4. The van der Waals surface area contributed by atoms with Gasteiger partial charge >= 0.3 is 0 Å². The minimum atomic E-state index is 0.0439. The number of nitrogens with one attached hydrogen (secondary N) is 3. The molecule has 134 valence electrons. The maximum atomic E-state index is 9.03. The maximum absolute atomic E-state index is 9.03. The molecular formula is C17H24N6O2. The highest BCUT2D eigenvalue weighted by Crippen LogP contribution is 2.27. The van der Waals surface area contributed by atoms with E-state index in [-0.39, 0.29) is 6.61 Å².